The fourth-order valence-electron chi connectivity index (χ4n) is 2.56. The molecule has 0 aromatic rings. The minimum Gasteiger partial charge on any atom is -0.385 e. The van der Waals surface area contributed by atoms with E-state index in [1.807, 2.05) is 0 Å². The monoisotopic (exact) mass is 240 g/mol. The molecular formula is C15H28O2. The number of aliphatic hydroxyl groups is 1. The number of aliphatic hydroxyl groups excluding tert-OH is 1. The molecule has 1 aliphatic rings. The molecule has 1 saturated carbocycles. The standard InChI is InChI=1S/C15H28O2/c16-14-12-10-8-6-4-2-1-3-5-7-9-11-13-15(14)17/h14,16H,1-13H2/t14-/m0/s1. The highest BCUT2D eigenvalue weighted by Gasteiger charge is 2.13. The summed E-state index contributed by atoms with van der Waals surface area (Å²) in [4.78, 5) is 11.6. The fraction of sp³-hybridized carbons (Fsp3) is 0.933. The second-order valence-electron chi connectivity index (χ2n) is 5.41. The molecule has 0 spiro atoms. The summed E-state index contributed by atoms with van der Waals surface area (Å²) in [5.41, 5.74) is 0. The van der Waals surface area contributed by atoms with Crippen LogP contribution in [0.25, 0.3) is 0 Å². The number of carbonyl (C=O) groups excluding carboxylic acids is 1. The third kappa shape index (κ3) is 7.54. The average Bonchev–Trinajstić information content (AvgIpc) is 2.34. The second kappa shape index (κ2) is 9.64. The first kappa shape index (κ1) is 14.7. The topological polar surface area (TPSA) is 37.3 Å². The second-order valence-corrected chi connectivity index (χ2v) is 5.41. The number of hydrogen-bond acceptors (Lipinski definition) is 2. The van der Waals surface area contributed by atoms with Crippen LogP contribution >= 0.6 is 0 Å². The lowest BCUT2D eigenvalue weighted by Crippen LogP contribution is -2.19. The zero-order valence-corrected chi connectivity index (χ0v) is 11.1. The Morgan fingerprint density at radius 3 is 1.65 bits per heavy atom. The molecule has 17 heavy (non-hydrogen) atoms. The van der Waals surface area contributed by atoms with Crippen molar-refractivity contribution in [3.8, 4) is 0 Å². The molecule has 1 rings (SSSR count). The van der Waals surface area contributed by atoms with Crippen molar-refractivity contribution in [2.24, 2.45) is 0 Å². The molecule has 0 aromatic carbocycles. The van der Waals surface area contributed by atoms with Crippen LogP contribution < -0.4 is 0 Å². The first-order chi connectivity index (χ1) is 8.30. The number of carbonyl (C=O) groups is 1. The van der Waals surface area contributed by atoms with E-state index in [1.54, 1.807) is 0 Å². The van der Waals surface area contributed by atoms with Crippen molar-refractivity contribution in [2.75, 3.05) is 0 Å². The zero-order chi connectivity index (χ0) is 12.3. The van der Waals surface area contributed by atoms with Crippen molar-refractivity contribution in [2.45, 2.75) is 89.6 Å². The van der Waals surface area contributed by atoms with Crippen LogP contribution in [0, 0.1) is 0 Å². The molecule has 2 heteroatoms. The SMILES string of the molecule is O=C1CCCCCCCCCCCCC[C@@H]1O. The quantitative estimate of drug-likeness (QED) is 0.695. The van der Waals surface area contributed by atoms with Crippen molar-refractivity contribution in [1.29, 1.82) is 0 Å². The van der Waals surface area contributed by atoms with E-state index in [4.69, 9.17) is 0 Å². The molecule has 0 heterocycles. The van der Waals surface area contributed by atoms with Gasteiger partial charge in [0.05, 0.1) is 0 Å². The van der Waals surface area contributed by atoms with Crippen molar-refractivity contribution >= 4 is 5.78 Å². The Balaban J connectivity index is 2.24. The van der Waals surface area contributed by atoms with E-state index in [1.165, 1.54) is 51.4 Å². The predicted molar refractivity (Wildman–Crippen MR) is 71.0 cm³/mol. The van der Waals surface area contributed by atoms with Gasteiger partial charge in [0.25, 0.3) is 0 Å². The molecule has 0 bridgehead atoms. The summed E-state index contributed by atoms with van der Waals surface area (Å²) in [6, 6.07) is 0. The van der Waals surface area contributed by atoms with Gasteiger partial charge in [-0.3, -0.25) is 4.79 Å². The Bertz CT molecular complexity index is 201. The molecule has 1 atom stereocenters. The molecule has 2 nitrogen and oxygen atoms in total. The van der Waals surface area contributed by atoms with Crippen molar-refractivity contribution in [3.63, 3.8) is 0 Å². The fourth-order valence-corrected chi connectivity index (χ4v) is 2.56. The zero-order valence-electron chi connectivity index (χ0n) is 11.1. The van der Waals surface area contributed by atoms with Gasteiger partial charge in [0, 0.05) is 6.42 Å². The summed E-state index contributed by atoms with van der Waals surface area (Å²) < 4.78 is 0. The van der Waals surface area contributed by atoms with Crippen LogP contribution in [0.4, 0.5) is 0 Å². The summed E-state index contributed by atoms with van der Waals surface area (Å²) in [5, 5.41) is 9.69. The maximum absolute atomic E-state index is 11.6. The normalized spacial score (nSPS) is 27.1. The van der Waals surface area contributed by atoms with Gasteiger partial charge in [-0.05, 0) is 12.8 Å². The molecule has 1 N–H and O–H groups in total. The van der Waals surface area contributed by atoms with Gasteiger partial charge in [0.1, 0.15) is 6.10 Å². The molecule has 1 fully saturated rings. The van der Waals surface area contributed by atoms with Crippen molar-refractivity contribution < 1.29 is 9.90 Å². The van der Waals surface area contributed by atoms with Gasteiger partial charge in [-0.2, -0.15) is 0 Å². The molecule has 1 aliphatic carbocycles. The Hall–Kier alpha value is -0.370. The van der Waals surface area contributed by atoms with E-state index in [2.05, 4.69) is 0 Å². The Kier molecular flexibility index (Phi) is 8.33. The number of rotatable bonds is 0. The highest BCUT2D eigenvalue weighted by molar-refractivity contribution is 5.82. The van der Waals surface area contributed by atoms with Crippen LogP contribution in [0.2, 0.25) is 0 Å². The highest BCUT2D eigenvalue weighted by atomic mass is 16.3. The Morgan fingerprint density at radius 2 is 1.12 bits per heavy atom. The third-order valence-corrected chi connectivity index (χ3v) is 3.77. The lowest BCUT2D eigenvalue weighted by molar-refractivity contribution is -0.127. The van der Waals surface area contributed by atoms with Crippen LogP contribution in [0.5, 0.6) is 0 Å². The molecule has 0 amide bonds. The van der Waals surface area contributed by atoms with Gasteiger partial charge in [-0.1, -0.05) is 64.2 Å². The van der Waals surface area contributed by atoms with Gasteiger partial charge in [0.2, 0.25) is 0 Å². The van der Waals surface area contributed by atoms with E-state index in [9.17, 15) is 9.90 Å². The van der Waals surface area contributed by atoms with E-state index >= 15 is 0 Å². The van der Waals surface area contributed by atoms with Crippen LogP contribution in [0.3, 0.4) is 0 Å². The molecule has 0 saturated heterocycles. The largest absolute Gasteiger partial charge is 0.385 e. The van der Waals surface area contributed by atoms with E-state index < -0.39 is 6.10 Å². The lowest BCUT2D eigenvalue weighted by atomic mass is 10.0. The minimum atomic E-state index is -0.680. The summed E-state index contributed by atoms with van der Waals surface area (Å²) in [5.74, 6) is 0.0693. The maximum Gasteiger partial charge on any atom is 0.161 e. The number of Topliss-reactive ketones (excluding diaryl/α,β-unsaturated/α-hetero) is 1. The van der Waals surface area contributed by atoms with Crippen LogP contribution in [0.1, 0.15) is 83.5 Å². The number of hydrogen-bond donors (Lipinski definition) is 1. The molecule has 0 aliphatic heterocycles. The van der Waals surface area contributed by atoms with E-state index in [-0.39, 0.29) is 5.78 Å². The molecule has 100 valence electrons. The van der Waals surface area contributed by atoms with Gasteiger partial charge >= 0.3 is 0 Å². The summed E-state index contributed by atoms with van der Waals surface area (Å²) >= 11 is 0. The predicted octanol–water partition coefficient (Wildman–Crippen LogP) is 4.00. The minimum absolute atomic E-state index is 0.0693. The van der Waals surface area contributed by atoms with Crippen molar-refractivity contribution in [1.82, 2.24) is 0 Å². The number of ketones is 1. The van der Waals surface area contributed by atoms with E-state index in [0.717, 1.165) is 19.3 Å². The molecule has 0 aromatic heterocycles. The third-order valence-electron chi connectivity index (χ3n) is 3.77. The van der Waals surface area contributed by atoms with Gasteiger partial charge in [-0.15, -0.1) is 0 Å². The smallest absolute Gasteiger partial charge is 0.161 e. The summed E-state index contributed by atoms with van der Waals surface area (Å²) in [7, 11) is 0. The van der Waals surface area contributed by atoms with Crippen LogP contribution in [0.15, 0.2) is 0 Å². The van der Waals surface area contributed by atoms with E-state index in [0.29, 0.717) is 12.8 Å². The van der Waals surface area contributed by atoms with Gasteiger partial charge in [-0.25, -0.2) is 0 Å². The van der Waals surface area contributed by atoms with Gasteiger partial charge < -0.3 is 5.11 Å². The first-order valence-electron chi connectivity index (χ1n) is 7.51. The summed E-state index contributed by atoms with van der Waals surface area (Å²) in [6.45, 7) is 0. The van der Waals surface area contributed by atoms with Crippen LogP contribution in [-0.2, 0) is 4.79 Å². The van der Waals surface area contributed by atoms with Gasteiger partial charge in [0.15, 0.2) is 5.78 Å². The first-order valence-corrected chi connectivity index (χ1v) is 7.51. The molecule has 0 unspecified atom stereocenters. The van der Waals surface area contributed by atoms with Crippen molar-refractivity contribution in [3.05, 3.63) is 0 Å². The summed E-state index contributed by atoms with van der Waals surface area (Å²) in [6.07, 6.45) is 14.1. The molecule has 0 radical (unpaired) electrons. The lowest BCUT2D eigenvalue weighted by Gasteiger charge is -2.09. The van der Waals surface area contributed by atoms with Crippen LogP contribution in [-0.4, -0.2) is 17.0 Å². The Labute approximate surface area is 106 Å². The highest BCUT2D eigenvalue weighted by Crippen LogP contribution is 2.15. The molecular weight excluding hydrogens is 212 g/mol. The Morgan fingerprint density at radius 1 is 0.706 bits per heavy atom. The average molecular weight is 240 g/mol. The maximum atomic E-state index is 11.6.